The van der Waals surface area contributed by atoms with Crippen molar-refractivity contribution < 1.29 is 14.6 Å². The van der Waals surface area contributed by atoms with Gasteiger partial charge in [-0.25, -0.2) is 4.98 Å². The number of thioether (sulfide) groups is 1. The van der Waals surface area contributed by atoms with Crippen LogP contribution in [0.4, 0.5) is 0 Å². The van der Waals surface area contributed by atoms with Gasteiger partial charge in [-0.1, -0.05) is 41.6 Å². The lowest BCUT2D eigenvalue weighted by atomic mass is 9.99. The number of hydrogen-bond acceptors (Lipinski definition) is 7. The topological polar surface area (TPSA) is 111 Å². The van der Waals surface area contributed by atoms with Gasteiger partial charge in [-0.15, -0.1) is 0 Å². The number of benzene rings is 1. The number of ether oxygens (including phenoxy) is 1. The largest absolute Gasteiger partial charge is 0.436 e. The summed E-state index contributed by atoms with van der Waals surface area (Å²) in [4.78, 5) is 25.0. The van der Waals surface area contributed by atoms with Gasteiger partial charge in [0.05, 0.1) is 23.6 Å². The van der Waals surface area contributed by atoms with E-state index in [1.54, 1.807) is 6.20 Å². The highest BCUT2D eigenvalue weighted by Crippen LogP contribution is 2.42. The van der Waals surface area contributed by atoms with Crippen LogP contribution in [0.5, 0.6) is 11.6 Å². The second-order valence-corrected chi connectivity index (χ2v) is 7.83. The fourth-order valence-electron chi connectivity index (χ4n) is 3.18. The zero-order valence-electron chi connectivity index (χ0n) is 16.1. The molecule has 0 saturated carbocycles. The van der Waals surface area contributed by atoms with Crippen LogP contribution in [0.25, 0.3) is 11.4 Å². The highest BCUT2D eigenvalue weighted by Gasteiger charge is 2.27. The van der Waals surface area contributed by atoms with Crippen LogP contribution in [0, 0.1) is 13.8 Å². The maximum absolute atomic E-state index is 11.4. The van der Waals surface area contributed by atoms with Crippen LogP contribution in [0.1, 0.15) is 27.9 Å². The monoisotopic (exact) mass is 408 g/mol. The standard InChI is InChI=1S/C21H20N4O3S/c1-11-3-5-13(6-4-11)19-24-20-16(21(25-19)29-10-17(22)27)7-15-14(9-26)8-23-12(2)18(15)28-20/h3-6,8,26H,7,9-10H2,1-2H3,(H2,22,27). The maximum atomic E-state index is 11.4. The van der Waals surface area contributed by atoms with Gasteiger partial charge in [0.2, 0.25) is 11.8 Å². The molecular weight excluding hydrogens is 388 g/mol. The average Bonchev–Trinajstić information content (AvgIpc) is 2.71. The van der Waals surface area contributed by atoms with Crippen LogP contribution in [-0.2, 0) is 17.8 Å². The van der Waals surface area contributed by atoms with Crippen molar-refractivity contribution in [1.82, 2.24) is 15.0 Å². The summed E-state index contributed by atoms with van der Waals surface area (Å²) in [5.74, 6) is 1.25. The van der Waals surface area contributed by atoms with Crippen molar-refractivity contribution in [1.29, 1.82) is 0 Å². The van der Waals surface area contributed by atoms with Crippen LogP contribution in [0.2, 0.25) is 0 Å². The number of pyridine rings is 1. The number of primary amides is 1. The van der Waals surface area contributed by atoms with Crippen molar-refractivity contribution in [3.05, 3.63) is 58.4 Å². The second kappa shape index (κ2) is 7.81. The Labute approximate surface area is 172 Å². The van der Waals surface area contributed by atoms with E-state index in [0.717, 1.165) is 27.9 Å². The summed E-state index contributed by atoms with van der Waals surface area (Å²) in [6, 6.07) is 7.89. The quantitative estimate of drug-likeness (QED) is 0.386. The van der Waals surface area contributed by atoms with Crippen molar-refractivity contribution in [3.63, 3.8) is 0 Å². The number of fused-ring (bicyclic) bond motifs is 2. The molecule has 0 atom stereocenters. The van der Waals surface area contributed by atoms with E-state index in [9.17, 15) is 9.90 Å². The molecule has 2 aromatic heterocycles. The number of aliphatic hydroxyl groups excluding tert-OH is 1. The number of carbonyl (C=O) groups is 1. The summed E-state index contributed by atoms with van der Waals surface area (Å²) in [6.07, 6.45) is 2.14. The number of rotatable bonds is 5. The predicted molar refractivity (Wildman–Crippen MR) is 110 cm³/mol. The molecule has 8 heteroatoms. The molecule has 0 fully saturated rings. The predicted octanol–water partition coefficient (Wildman–Crippen LogP) is 2.92. The van der Waals surface area contributed by atoms with Crippen LogP contribution in [-0.4, -0.2) is 31.7 Å². The normalized spacial score (nSPS) is 12.1. The molecule has 1 aliphatic rings. The Balaban J connectivity index is 1.84. The first-order valence-corrected chi connectivity index (χ1v) is 10.1. The molecule has 4 rings (SSSR count). The number of aromatic nitrogens is 3. The summed E-state index contributed by atoms with van der Waals surface area (Å²) >= 11 is 1.26. The molecule has 0 radical (unpaired) electrons. The Morgan fingerprint density at radius 1 is 1.21 bits per heavy atom. The van der Waals surface area contributed by atoms with E-state index < -0.39 is 5.91 Å². The first-order valence-electron chi connectivity index (χ1n) is 9.11. The maximum Gasteiger partial charge on any atom is 0.227 e. The van der Waals surface area contributed by atoms with E-state index in [2.05, 4.69) is 9.97 Å². The number of nitrogens with zero attached hydrogens (tertiary/aromatic N) is 3. The minimum Gasteiger partial charge on any atom is -0.436 e. The lowest BCUT2D eigenvalue weighted by Crippen LogP contribution is -2.15. The van der Waals surface area contributed by atoms with E-state index in [4.69, 9.17) is 15.5 Å². The molecule has 0 bridgehead atoms. The zero-order valence-corrected chi connectivity index (χ0v) is 16.9. The number of aryl methyl sites for hydroxylation is 2. The smallest absolute Gasteiger partial charge is 0.227 e. The minimum absolute atomic E-state index is 0.103. The SMILES string of the molecule is Cc1ccc(-c2nc3c(c(SCC(N)=O)n2)Cc2c(CO)cnc(C)c2O3)cc1. The zero-order chi connectivity index (χ0) is 20.5. The minimum atomic E-state index is -0.424. The molecule has 148 valence electrons. The van der Waals surface area contributed by atoms with Crippen LogP contribution >= 0.6 is 11.8 Å². The van der Waals surface area contributed by atoms with E-state index >= 15 is 0 Å². The first kappa shape index (κ1) is 19.4. The van der Waals surface area contributed by atoms with Gasteiger partial charge in [-0.3, -0.25) is 9.78 Å². The molecule has 1 aromatic carbocycles. The Bertz CT molecular complexity index is 1100. The third kappa shape index (κ3) is 3.81. The molecule has 0 aliphatic carbocycles. The number of aliphatic hydroxyl groups is 1. The van der Waals surface area contributed by atoms with Gasteiger partial charge >= 0.3 is 0 Å². The molecule has 0 spiro atoms. The van der Waals surface area contributed by atoms with Crippen LogP contribution in [0.15, 0.2) is 35.5 Å². The summed E-state index contributed by atoms with van der Waals surface area (Å²) in [6.45, 7) is 3.73. The Morgan fingerprint density at radius 2 is 1.97 bits per heavy atom. The molecule has 0 saturated heterocycles. The molecule has 3 heterocycles. The highest BCUT2D eigenvalue weighted by molar-refractivity contribution is 7.99. The van der Waals surface area contributed by atoms with Crippen molar-refractivity contribution in [2.45, 2.75) is 31.9 Å². The number of nitrogens with two attached hydrogens (primary N) is 1. The number of hydrogen-bond donors (Lipinski definition) is 2. The fourth-order valence-corrected chi connectivity index (χ4v) is 3.95. The Hall–Kier alpha value is -2.97. The van der Waals surface area contributed by atoms with Crippen molar-refractivity contribution in [3.8, 4) is 23.0 Å². The summed E-state index contributed by atoms with van der Waals surface area (Å²) < 4.78 is 6.13. The van der Waals surface area contributed by atoms with Crippen LogP contribution in [0.3, 0.4) is 0 Å². The van der Waals surface area contributed by atoms with Gasteiger partial charge in [-0.05, 0) is 13.8 Å². The summed E-state index contributed by atoms with van der Waals surface area (Å²) in [5.41, 5.74) is 10.4. The van der Waals surface area contributed by atoms with Crippen molar-refractivity contribution in [2.24, 2.45) is 5.73 Å². The van der Waals surface area contributed by atoms with Gasteiger partial charge < -0.3 is 15.6 Å². The lowest BCUT2D eigenvalue weighted by molar-refractivity contribution is -0.115. The van der Waals surface area contributed by atoms with E-state index in [-0.39, 0.29) is 12.4 Å². The van der Waals surface area contributed by atoms with Crippen LogP contribution < -0.4 is 10.5 Å². The molecule has 0 unspecified atom stereocenters. The van der Waals surface area contributed by atoms with E-state index in [1.807, 2.05) is 38.1 Å². The third-order valence-electron chi connectivity index (χ3n) is 4.72. The number of amides is 1. The van der Waals surface area contributed by atoms with Gasteiger partial charge in [0.1, 0.15) is 5.03 Å². The Kier molecular flexibility index (Phi) is 5.21. The average molecular weight is 408 g/mol. The Morgan fingerprint density at radius 3 is 2.66 bits per heavy atom. The van der Waals surface area contributed by atoms with Crippen molar-refractivity contribution >= 4 is 17.7 Å². The van der Waals surface area contributed by atoms with Gasteiger partial charge in [-0.2, -0.15) is 4.98 Å². The second-order valence-electron chi connectivity index (χ2n) is 6.87. The highest BCUT2D eigenvalue weighted by atomic mass is 32.2. The molecule has 1 amide bonds. The molecule has 3 N–H and O–H groups in total. The molecule has 7 nitrogen and oxygen atoms in total. The molecule has 29 heavy (non-hydrogen) atoms. The first-order chi connectivity index (χ1) is 14.0. The summed E-state index contributed by atoms with van der Waals surface area (Å²) in [5, 5.41) is 10.3. The van der Waals surface area contributed by atoms with E-state index in [1.165, 1.54) is 11.8 Å². The third-order valence-corrected chi connectivity index (χ3v) is 5.76. The fraction of sp³-hybridized carbons (Fsp3) is 0.238. The van der Waals surface area contributed by atoms with Gasteiger partial charge in [0.25, 0.3) is 0 Å². The van der Waals surface area contributed by atoms with Gasteiger partial charge in [0.15, 0.2) is 11.6 Å². The molecular formula is C21H20N4O3S. The van der Waals surface area contributed by atoms with E-state index in [0.29, 0.717) is 34.5 Å². The molecule has 1 aliphatic heterocycles. The van der Waals surface area contributed by atoms with Crippen molar-refractivity contribution in [2.75, 3.05) is 5.75 Å². The van der Waals surface area contributed by atoms with Gasteiger partial charge in [0, 0.05) is 29.3 Å². The lowest BCUT2D eigenvalue weighted by Gasteiger charge is -2.24. The molecule has 3 aromatic rings. The number of carbonyl (C=O) groups excluding carboxylic acids is 1. The summed E-state index contributed by atoms with van der Waals surface area (Å²) in [7, 11) is 0.